The zero-order valence-electron chi connectivity index (χ0n) is 11.3. The number of carbonyl (C=O) groups is 1. The second-order valence-electron chi connectivity index (χ2n) is 5.94. The standard InChI is InChI=1S/C16H22N2O/c17-11-13-5-4-10-18(12-13)15(19)16(8-9-16)14-6-2-1-3-7-14/h1-3,6-7,13H,4-5,8-12,17H2/t13-/m0/s1. The largest absolute Gasteiger partial charge is 0.342 e. The molecule has 19 heavy (non-hydrogen) atoms. The van der Waals surface area contributed by atoms with Gasteiger partial charge in [0.15, 0.2) is 0 Å². The highest BCUT2D eigenvalue weighted by molar-refractivity contribution is 5.91. The third kappa shape index (κ3) is 2.27. The van der Waals surface area contributed by atoms with E-state index in [0.29, 0.717) is 18.4 Å². The van der Waals surface area contributed by atoms with E-state index in [-0.39, 0.29) is 5.41 Å². The average molecular weight is 258 g/mol. The van der Waals surface area contributed by atoms with Crippen LogP contribution in [0.3, 0.4) is 0 Å². The van der Waals surface area contributed by atoms with Gasteiger partial charge in [0, 0.05) is 13.1 Å². The normalized spacial score (nSPS) is 25.1. The zero-order chi connectivity index (χ0) is 13.3. The Balaban J connectivity index is 1.77. The summed E-state index contributed by atoms with van der Waals surface area (Å²) in [7, 11) is 0. The zero-order valence-corrected chi connectivity index (χ0v) is 11.3. The summed E-state index contributed by atoms with van der Waals surface area (Å²) >= 11 is 0. The molecule has 1 saturated carbocycles. The van der Waals surface area contributed by atoms with E-state index in [1.54, 1.807) is 0 Å². The second-order valence-corrected chi connectivity index (χ2v) is 5.94. The van der Waals surface area contributed by atoms with Gasteiger partial charge in [-0.2, -0.15) is 0 Å². The summed E-state index contributed by atoms with van der Waals surface area (Å²) < 4.78 is 0. The third-order valence-electron chi connectivity index (χ3n) is 4.63. The molecule has 1 atom stereocenters. The highest BCUT2D eigenvalue weighted by Crippen LogP contribution is 2.49. The highest BCUT2D eigenvalue weighted by atomic mass is 16.2. The maximum absolute atomic E-state index is 12.8. The van der Waals surface area contributed by atoms with E-state index in [2.05, 4.69) is 17.0 Å². The molecule has 1 heterocycles. The molecule has 1 aromatic rings. The molecular formula is C16H22N2O. The van der Waals surface area contributed by atoms with Gasteiger partial charge in [-0.3, -0.25) is 4.79 Å². The van der Waals surface area contributed by atoms with Crippen molar-refractivity contribution in [2.75, 3.05) is 19.6 Å². The molecule has 1 aromatic carbocycles. The average Bonchev–Trinajstić information content (AvgIpc) is 3.29. The van der Waals surface area contributed by atoms with Gasteiger partial charge in [0.25, 0.3) is 0 Å². The lowest BCUT2D eigenvalue weighted by molar-refractivity contribution is -0.135. The highest BCUT2D eigenvalue weighted by Gasteiger charge is 2.53. The van der Waals surface area contributed by atoms with E-state index >= 15 is 0 Å². The minimum absolute atomic E-state index is 0.211. The number of likely N-dealkylation sites (tertiary alicyclic amines) is 1. The van der Waals surface area contributed by atoms with Gasteiger partial charge in [-0.05, 0) is 43.7 Å². The SMILES string of the molecule is NC[C@@H]1CCCN(C(=O)C2(c3ccccc3)CC2)C1. The summed E-state index contributed by atoms with van der Waals surface area (Å²) in [5.74, 6) is 0.820. The fraction of sp³-hybridized carbons (Fsp3) is 0.562. The summed E-state index contributed by atoms with van der Waals surface area (Å²) in [5, 5.41) is 0. The summed E-state index contributed by atoms with van der Waals surface area (Å²) in [6.45, 7) is 2.45. The van der Waals surface area contributed by atoms with E-state index < -0.39 is 0 Å². The van der Waals surface area contributed by atoms with E-state index in [1.165, 1.54) is 12.0 Å². The molecule has 0 aromatic heterocycles. The van der Waals surface area contributed by atoms with Crippen LogP contribution >= 0.6 is 0 Å². The van der Waals surface area contributed by atoms with Crippen molar-refractivity contribution in [3.05, 3.63) is 35.9 Å². The van der Waals surface area contributed by atoms with Gasteiger partial charge in [0.2, 0.25) is 5.91 Å². The molecule has 1 aliphatic heterocycles. The van der Waals surface area contributed by atoms with E-state index in [9.17, 15) is 4.79 Å². The number of piperidine rings is 1. The number of nitrogens with zero attached hydrogens (tertiary/aromatic N) is 1. The summed E-state index contributed by atoms with van der Waals surface area (Å²) in [6.07, 6.45) is 4.26. The van der Waals surface area contributed by atoms with Crippen LogP contribution in [0.5, 0.6) is 0 Å². The quantitative estimate of drug-likeness (QED) is 0.900. The molecule has 3 nitrogen and oxygen atoms in total. The van der Waals surface area contributed by atoms with Crippen molar-refractivity contribution in [2.45, 2.75) is 31.1 Å². The van der Waals surface area contributed by atoms with Crippen molar-refractivity contribution in [3.63, 3.8) is 0 Å². The van der Waals surface area contributed by atoms with Gasteiger partial charge in [-0.25, -0.2) is 0 Å². The monoisotopic (exact) mass is 258 g/mol. The Labute approximate surface area is 114 Å². The molecule has 2 aliphatic rings. The molecule has 2 N–H and O–H groups in total. The first-order chi connectivity index (χ1) is 9.26. The second kappa shape index (κ2) is 4.97. The van der Waals surface area contributed by atoms with E-state index in [0.717, 1.165) is 32.4 Å². The van der Waals surface area contributed by atoms with Crippen LogP contribution in [0.1, 0.15) is 31.2 Å². The molecule has 3 heteroatoms. The van der Waals surface area contributed by atoms with Crippen molar-refractivity contribution in [1.82, 2.24) is 4.90 Å². The smallest absolute Gasteiger partial charge is 0.233 e. The molecule has 2 fully saturated rings. The fourth-order valence-electron chi connectivity index (χ4n) is 3.25. The maximum Gasteiger partial charge on any atom is 0.233 e. The number of hydrogen-bond donors (Lipinski definition) is 1. The first-order valence-electron chi connectivity index (χ1n) is 7.31. The van der Waals surface area contributed by atoms with Crippen LogP contribution in [0.2, 0.25) is 0 Å². The Bertz CT molecular complexity index is 453. The third-order valence-corrected chi connectivity index (χ3v) is 4.63. The van der Waals surface area contributed by atoms with E-state index in [4.69, 9.17) is 5.73 Å². The van der Waals surface area contributed by atoms with Crippen molar-refractivity contribution in [3.8, 4) is 0 Å². The van der Waals surface area contributed by atoms with Crippen molar-refractivity contribution >= 4 is 5.91 Å². The predicted octanol–water partition coefficient (Wildman–Crippen LogP) is 1.92. The van der Waals surface area contributed by atoms with Crippen molar-refractivity contribution < 1.29 is 4.79 Å². The Hall–Kier alpha value is -1.35. The lowest BCUT2D eigenvalue weighted by atomic mass is 9.91. The van der Waals surface area contributed by atoms with Gasteiger partial charge in [-0.15, -0.1) is 0 Å². The van der Waals surface area contributed by atoms with Gasteiger partial charge >= 0.3 is 0 Å². The van der Waals surface area contributed by atoms with Gasteiger partial charge in [0.1, 0.15) is 0 Å². The van der Waals surface area contributed by atoms with E-state index in [1.807, 2.05) is 18.2 Å². The molecular weight excluding hydrogens is 236 g/mol. The minimum atomic E-state index is -0.211. The molecule has 1 aliphatic carbocycles. The molecule has 1 amide bonds. The van der Waals surface area contributed by atoms with Crippen LogP contribution in [0, 0.1) is 5.92 Å². The number of nitrogens with two attached hydrogens (primary N) is 1. The first kappa shape index (κ1) is 12.7. The van der Waals surface area contributed by atoms with Gasteiger partial charge in [0.05, 0.1) is 5.41 Å². The summed E-state index contributed by atoms with van der Waals surface area (Å²) in [4.78, 5) is 14.9. The van der Waals surface area contributed by atoms with Gasteiger partial charge in [-0.1, -0.05) is 30.3 Å². The number of carbonyl (C=O) groups excluding carboxylic acids is 1. The molecule has 0 radical (unpaired) electrons. The Morgan fingerprint density at radius 3 is 2.68 bits per heavy atom. The van der Waals surface area contributed by atoms with Crippen molar-refractivity contribution in [2.24, 2.45) is 11.7 Å². The number of hydrogen-bond acceptors (Lipinski definition) is 2. The number of amides is 1. The Morgan fingerprint density at radius 1 is 1.32 bits per heavy atom. The van der Waals surface area contributed by atoms with Crippen LogP contribution in [0.4, 0.5) is 0 Å². The minimum Gasteiger partial charge on any atom is -0.342 e. The lowest BCUT2D eigenvalue weighted by Gasteiger charge is -2.35. The topological polar surface area (TPSA) is 46.3 Å². The fourth-order valence-corrected chi connectivity index (χ4v) is 3.25. The Morgan fingerprint density at radius 2 is 2.05 bits per heavy atom. The lowest BCUT2D eigenvalue weighted by Crippen LogP contribution is -2.46. The number of rotatable bonds is 3. The molecule has 1 saturated heterocycles. The van der Waals surface area contributed by atoms with Crippen LogP contribution in [-0.4, -0.2) is 30.4 Å². The summed E-state index contributed by atoms with van der Waals surface area (Å²) in [5.41, 5.74) is 6.74. The van der Waals surface area contributed by atoms with Crippen LogP contribution in [-0.2, 0) is 10.2 Å². The molecule has 0 unspecified atom stereocenters. The maximum atomic E-state index is 12.8. The first-order valence-corrected chi connectivity index (χ1v) is 7.31. The molecule has 3 rings (SSSR count). The summed E-state index contributed by atoms with van der Waals surface area (Å²) in [6, 6.07) is 10.3. The van der Waals surface area contributed by atoms with Gasteiger partial charge < -0.3 is 10.6 Å². The van der Waals surface area contributed by atoms with Crippen LogP contribution in [0.25, 0.3) is 0 Å². The molecule has 102 valence electrons. The van der Waals surface area contributed by atoms with Crippen LogP contribution < -0.4 is 5.73 Å². The predicted molar refractivity (Wildman–Crippen MR) is 75.7 cm³/mol. The van der Waals surface area contributed by atoms with Crippen LogP contribution in [0.15, 0.2) is 30.3 Å². The number of benzene rings is 1. The molecule has 0 bridgehead atoms. The van der Waals surface area contributed by atoms with Crippen molar-refractivity contribution in [1.29, 1.82) is 0 Å². The molecule has 0 spiro atoms. The Kier molecular flexibility index (Phi) is 3.31.